The molecule has 0 radical (unpaired) electrons. The van der Waals surface area contributed by atoms with Crippen LogP contribution in [0.1, 0.15) is 32.1 Å². The number of para-hydroxylation sites is 2. The minimum atomic E-state index is 0.147. The highest BCUT2D eigenvalue weighted by molar-refractivity contribution is 5.89. The molecule has 3 aliphatic rings. The summed E-state index contributed by atoms with van der Waals surface area (Å²) < 4.78 is 10.0. The van der Waals surface area contributed by atoms with Crippen LogP contribution >= 0.6 is 0 Å². The quantitative estimate of drug-likeness (QED) is 0.840. The molecule has 1 aromatic rings. The molecule has 1 aromatic carbocycles. The summed E-state index contributed by atoms with van der Waals surface area (Å²) in [5, 5.41) is 0. The molecule has 0 N–H and O–H groups in total. The van der Waals surface area contributed by atoms with Crippen LogP contribution in [-0.2, 0) is 4.79 Å². The van der Waals surface area contributed by atoms with E-state index in [0.717, 1.165) is 30.3 Å². The predicted octanol–water partition coefficient (Wildman–Crippen LogP) is 3.15. The number of ether oxygens (including phenoxy) is 2. The Labute approximate surface area is 138 Å². The molecule has 0 aromatic heterocycles. The zero-order valence-corrected chi connectivity index (χ0v) is 14.4. The number of fused-ring (bicyclic) bond motifs is 2. The van der Waals surface area contributed by atoms with Crippen LogP contribution in [0.3, 0.4) is 0 Å². The average Bonchev–Trinajstić information content (AvgIpc) is 3.28. The molecule has 4 heteroatoms. The third-order valence-corrected chi connectivity index (χ3v) is 5.72. The molecule has 2 unspecified atom stereocenters. The fraction of sp³-hybridized carbons (Fsp3) is 0.632. The van der Waals surface area contributed by atoms with Gasteiger partial charge in [-0.05, 0) is 57.3 Å². The highest BCUT2D eigenvalue weighted by atomic mass is 16.5. The Balaban J connectivity index is 0.000000142. The molecule has 4 rings (SSSR count). The van der Waals surface area contributed by atoms with Crippen molar-refractivity contribution in [1.29, 1.82) is 0 Å². The number of methoxy groups -OCH3 is 2. The molecule has 0 amide bonds. The molecule has 3 fully saturated rings. The monoisotopic (exact) mass is 317 g/mol. The summed E-state index contributed by atoms with van der Waals surface area (Å²) >= 11 is 0. The Hall–Kier alpha value is -1.55. The zero-order valence-electron chi connectivity index (χ0n) is 14.4. The molecular formula is C19H27NO3. The summed E-state index contributed by atoms with van der Waals surface area (Å²) in [5.41, 5.74) is 0.147. The van der Waals surface area contributed by atoms with E-state index in [9.17, 15) is 4.79 Å². The van der Waals surface area contributed by atoms with Crippen molar-refractivity contribution >= 4 is 5.78 Å². The fourth-order valence-electron chi connectivity index (χ4n) is 4.43. The maximum Gasteiger partial charge on any atom is 0.160 e. The molecule has 1 aliphatic heterocycles. The smallest absolute Gasteiger partial charge is 0.160 e. The molecule has 2 atom stereocenters. The van der Waals surface area contributed by atoms with Gasteiger partial charge in [0.15, 0.2) is 11.5 Å². The highest BCUT2D eigenvalue weighted by Gasteiger charge is 2.61. The van der Waals surface area contributed by atoms with Crippen molar-refractivity contribution in [2.45, 2.75) is 38.1 Å². The molecular weight excluding hydrogens is 290 g/mol. The second-order valence-corrected chi connectivity index (χ2v) is 6.95. The number of hydrogen-bond donors (Lipinski definition) is 0. The SMILES string of the molecule is CN1CCC2CCC(=O)C3(CC3)C21.COc1ccccc1OC. The van der Waals surface area contributed by atoms with Crippen LogP contribution in [0.5, 0.6) is 11.5 Å². The van der Waals surface area contributed by atoms with E-state index in [1.54, 1.807) is 14.2 Å². The van der Waals surface area contributed by atoms with Gasteiger partial charge in [0.05, 0.1) is 14.2 Å². The van der Waals surface area contributed by atoms with Gasteiger partial charge in [0, 0.05) is 17.9 Å². The Morgan fingerprint density at radius 1 is 1.09 bits per heavy atom. The molecule has 2 saturated carbocycles. The summed E-state index contributed by atoms with van der Waals surface area (Å²) in [4.78, 5) is 14.3. The van der Waals surface area contributed by atoms with E-state index in [1.165, 1.54) is 25.8 Å². The Morgan fingerprint density at radius 3 is 2.22 bits per heavy atom. The molecule has 1 heterocycles. The van der Waals surface area contributed by atoms with E-state index >= 15 is 0 Å². The Kier molecular flexibility index (Phi) is 4.62. The largest absolute Gasteiger partial charge is 0.493 e. The molecule has 1 saturated heterocycles. The van der Waals surface area contributed by atoms with Crippen LogP contribution in [0.15, 0.2) is 24.3 Å². The van der Waals surface area contributed by atoms with Gasteiger partial charge in [0.25, 0.3) is 0 Å². The van der Waals surface area contributed by atoms with Crippen LogP contribution in [0.25, 0.3) is 0 Å². The van der Waals surface area contributed by atoms with E-state index < -0.39 is 0 Å². The number of likely N-dealkylation sites (tertiary alicyclic amines) is 1. The third-order valence-electron chi connectivity index (χ3n) is 5.72. The van der Waals surface area contributed by atoms with E-state index in [0.29, 0.717) is 11.8 Å². The number of nitrogens with zero attached hydrogens (tertiary/aromatic N) is 1. The topological polar surface area (TPSA) is 38.8 Å². The minimum absolute atomic E-state index is 0.147. The summed E-state index contributed by atoms with van der Waals surface area (Å²) in [6.07, 6.45) is 5.72. The van der Waals surface area contributed by atoms with Gasteiger partial charge in [-0.2, -0.15) is 0 Å². The molecule has 126 valence electrons. The van der Waals surface area contributed by atoms with Crippen LogP contribution in [0.2, 0.25) is 0 Å². The van der Waals surface area contributed by atoms with Crippen LogP contribution in [0.4, 0.5) is 0 Å². The van der Waals surface area contributed by atoms with Crippen molar-refractivity contribution in [3.8, 4) is 11.5 Å². The maximum atomic E-state index is 11.8. The molecule has 0 bridgehead atoms. The van der Waals surface area contributed by atoms with E-state index in [2.05, 4.69) is 11.9 Å². The van der Waals surface area contributed by atoms with E-state index in [4.69, 9.17) is 9.47 Å². The van der Waals surface area contributed by atoms with E-state index in [-0.39, 0.29) is 5.41 Å². The maximum absolute atomic E-state index is 11.8. The van der Waals surface area contributed by atoms with Gasteiger partial charge >= 0.3 is 0 Å². The van der Waals surface area contributed by atoms with Gasteiger partial charge in [-0.25, -0.2) is 0 Å². The first-order valence-corrected chi connectivity index (χ1v) is 8.53. The standard InChI is InChI=1S/C11H17NO.C8H10O2/c1-12-7-4-8-2-3-9(13)11(5-6-11)10(8)12;1-9-7-5-3-4-6-8(7)10-2/h8,10H,2-7H2,1H3;3-6H,1-2H3. The van der Waals surface area contributed by atoms with Gasteiger partial charge in [-0.1, -0.05) is 12.1 Å². The third kappa shape index (κ3) is 2.97. The van der Waals surface area contributed by atoms with Gasteiger partial charge in [0.2, 0.25) is 0 Å². The van der Waals surface area contributed by atoms with Crippen molar-refractivity contribution in [3.63, 3.8) is 0 Å². The normalized spacial score (nSPS) is 27.9. The van der Waals surface area contributed by atoms with Gasteiger partial charge < -0.3 is 14.4 Å². The number of ketones is 1. The minimum Gasteiger partial charge on any atom is -0.493 e. The lowest BCUT2D eigenvalue weighted by Crippen LogP contribution is -2.45. The summed E-state index contributed by atoms with van der Waals surface area (Å²) in [7, 11) is 5.44. The lowest BCUT2D eigenvalue weighted by molar-refractivity contribution is -0.129. The predicted molar refractivity (Wildman–Crippen MR) is 90.0 cm³/mol. The summed E-state index contributed by atoms with van der Waals surface area (Å²) in [5.74, 6) is 2.95. The number of Topliss-reactive ketones (excluding diaryl/α,β-unsaturated/α-hetero) is 1. The van der Waals surface area contributed by atoms with Crippen molar-refractivity contribution in [3.05, 3.63) is 24.3 Å². The van der Waals surface area contributed by atoms with Gasteiger partial charge in [-0.15, -0.1) is 0 Å². The lowest BCUT2D eigenvalue weighted by atomic mass is 9.74. The Bertz CT molecular complexity index is 544. The number of rotatable bonds is 2. The van der Waals surface area contributed by atoms with Crippen LogP contribution in [0, 0.1) is 11.3 Å². The molecule has 23 heavy (non-hydrogen) atoms. The summed E-state index contributed by atoms with van der Waals surface area (Å²) in [6.45, 7) is 1.21. The number of hydrogen-bond acceptors (Lipinski definition) is 4. The van der Waals surface area contributed by atoms with Crippen molar-refractivity contribution in [1.82, 2.24) is 4.90 Å². The average molecular weight is 317 g/mol. The number of benzene rings is 1. The van der Waals surface area contributed by atoms with Crippen LogP contribution in [-0.4, -0.2) is 44.5 Å². The summed E-state index contributed by atoms with van der Waals surface area (Å²) in [6, 6.07) is 8.15. The van der Waals surface area contributed by atoms with Crippen molar-refractivity contribution < 1.29 is 14.3 Å². The molecule has 2 aliphatic carbocycles. The fourth-order valence-corrected chi connectivity index (χ4v) is 4.43. The zero-order chi connectivity index (χ0) is 16.4. The second-order valence-electron chi connectivity index (χ2n) is 6.95. The van der Waals surface area contributed by atoms with Gasteiger partial charge in [-0.3, -0.25) is 4.79 Å². The number of carbonyl (C=O) groups excluding carboxylic acids is 1. The van der Waals surface area contributed by atoms with Gasteiger partial charge in [0.1, 0.15) is 5.78 Å². The Morgan fingerprint density at radius 2 is 1.70 bits per heavy atom. The first-order chi connectivity index (χ1) is 11.1. The highest BCUT2D eigenvalue weighted by Crippen LogP contribution is 2.59. The van der Waals surface area contributed by atoms with E-state index in [1.807, 2.05) is 24.3 Å². The lowest BCUT2D eigenvalue weighted by Gasteiger charge is -2.36. The number of carbonyl (C=O) groups is 1. The van der Waals surface area contributed by atoms with Crippen LogP contribution < -0.4 is 9.47 Å². The van der Waals surface area contributed by atoms with Crippen molar-refractivity contribution in [2.24, 2.45) is 11.3 Å². The first-order valence-electron chi connectivity index (χ1n) is 8.53. The second kappa shape index (κ2) is 6.52. The molecule has 4 nitrogen and oxygen atoms in total. The van der Waals surface area contributed by atoms with Crippen molar-refractivity contribution in [2.75, 3.05) is 27.8 Å². The molecule has 1 spiro atoms. The first kappa shape index (κ1) is 16.3.